The zero-order chi connectivity index (χ0) is 12.3. The van der Waals surface area contributed by atoms with Gasteiger partial charge < -0.3 is 14.6 Å². The number of para-hydroxylation sites is 1. The highest BCUT2D eigenvalue weighted by molar-refractivity contribution is 5.72. The Morgan fingerprint density at radius 2 is 2.12 bits per heavy atom. The van der Waals surface area contributed by atoms with Gasteiger partial charge >= 0.3 is 0 Å². The molecule has 0 aliphatic rings. The average molecular weight is 233 g/mol. The maximum atomic E-state index is 5.24. The summed E-state index contributed by atoms with van der Waals surface area (Å²) in [5, 5.41) is 6.99. The molecule has 1 aromatic carbocycles. The van der Waals surface area contributed by atoms with Crippen LogP contribution in [0.25, 0.3) is 11.5 Å². The number of aromatic nitrogens is 2. The molecule has 90 valence electrons. The van der Waals surface area contributed by atoms with Crippen molar-refractivity contribution in [1.29, 1.82) is 0 Å². The second-order valence-electron chi connectivity index (χ2n) is 3.63. The van der Waals surface area contributed by atoms with Crippen LogP contribution in [0, 0.1) is 0 Å². The summed E-state index contributed by atoms with van der Waals surface area (Å²) in [4.78, 5) is 4.32. The van der Waals surface area contributed by atoms with Gasteiger partial charge in [0.05, 0.1) is 5.56 Å². The molecule has 0 bridgehead atoms. The third kappa shape index (κ3) is 2.29. The summed E-state index contributed by atoms with van der Waals surface area (Å²) in [6.45, 7) is 1.87. The molecule has 1 heterocycles. The van der Waals surface area contributed by atoms with Crippen LogP contribution in [0.2, 0.25) is 0 Å². The van der Waals surface area contributed by atoms with E-state index in [9.17, 15) is 0 Å². The second-order valence-corrected chi connectivity index (χ2v) is 3.63. The van der Waals surface area contributed by atoms with E-state index in [2.05, 4.69) is 15.5 Å². The highest BCUT2D eigenvalue weighted by Gasteiger charge is 2.15. The number of benzene rings is 1. The summed E-state index contributed by atoms with van der Waals surface area (Å²) in [7, 11) is 3.47. The van der Waals surface area contributed by atoms with Gasteiger partial charge in [-0.1, -0.05) is 17.3 Å². The molecule has 0 saturated carbocycles. The van der Waals surface area contributed by atoms with Gasteiger partial charge in [0.15, 0.2) is 0 Å². The zero-order valence-electron chi connectivity index (χ0n) is 10.1. The number of nitrogens with zero attached hydrogens (tertiary/aromatic N) is 2. The lowest BCUT2D eigenvalue weighted by molar-refractivity contribution is 0.109. The predicted molar refractivity (Wildman–Crippen MR) is 64.7 cm³/mol. The van der Waals surface area contributed by atoms with Gasteiger partial charge in [0.1, 0.15) is 6.10 Å². The quantitative estimate of drug-likeness (QED) is 0.879. The van der Waals surface area contributed by atoms with Gasteiger partial charge in [-0.3, -0.25) is 0 Å². The molecule has 17 heavy (non-hydrogen) atoms. The summed E-state index contributed by atoms with van der Waals surface area (Å²) < 4.78 is 10.4. The van der Waals surface area contributed by atoms with Crippen LogP contribution >= 0.6 is 0 Å². The minimum absolute atomic E-state index is 0.172. The maximum Gasteiger partial charge on any atom is 0.260 e. The van der Waals surface area contributed by atoms with Crippen molar-refractivity contribution < 1.29 is 9.26 Å². The highest BCUT2D eigenvalue weighted by Crippen LogP contribution is 2.27. The minimum Gasteiger partial charge on any atom is -0.387 e. The summed E-state index contributed by atoms with van der Waals surface area (Å²) in [5.41, 5.74) is 1.84. The Balaban J connectivity index is 2.37. The molecule has 0 fully saturated rings. The molecule has 0 spiro atoms. The number of nitrogens with one attached hydrogen (secondary N) is 1. The number of hydrogen-bond acceptors (Lipinski definition) is 5. The molecule has 5 nitrogen and oxygen atoms in total. The predicted octanol–water partition coefficient (Wildman–Crippen LogP) is 2.49. The number of hydrogen-bond donors (Lipinski definition) is 1. The van der Waals surface area contributed by atoms with E-state index < -0.39 is 0 Å². The van der Waals surface area contributed by atoms with Crippen molar-refractivity contribution in [2.24, 2.45) is 0 Å². The van der Waals surface area contributed by atoms with E-state index in [1.54, 1.807) is 7.11 Å². The minimum atomic E-state index is -0.172. The molecule has 2 rings (SSSR count). The fraction of sp³-hybridized carbons (Fsp3) is 0.333. The molecule has 0 aliphatic carbocycles. The Bertz CT molecular complexity index is 496. The monoisotopic (exact) mass is 233 g/mol. The van der Waals surface area contributed by atoms with Gasteiger partial charge in [0.2, 0.25) is 5.82 Å². The largest absolute Gasteiger partial charge is 0.387 e. The Labute approximate surface area is 99.8 Å². The highest BCUT2D eigenvalue weighted by atomic mass is 16.5. The standard InChI is InChI=1S/C12H15N3O2/c1-8(16-3)11-14-12(17-15-11)9-6-4-5-7-10(9)13-2/h4-8,13H,1-3H3. The SMILES string of the molecule is CNc1ccccc1-c1nc(C(C)OC)no1. The van der Waals surface area contributed by atoms with E-state index in [1.165, 1.54) is 0 Å². The molecule has 5 heteroatoms. The molecular formula is C12H15N3O2. The Hall–Kier alpha value is -1.88. The number of anilines is 1. The van der Waals surface area contributed by atoms with E-state index in [-0.39, 0.29) is 6.10 Å². The first-order valence-electron chi connectivity index (χ1n) is 5.39. The molecule has 1 N–H and O–H groups in total. The van der Waals surface area contributed by atoms with Gasteiger partial charge in [-0.15, -0.1) is 0 Å². The fourth-order valence-corrected chi connectivity index (χ4v) is 1.50. The molecular weight excluding hydrogens is 218 g/mol. The Morgan fingerprint density at radius 3 is 2.82 bits per heavy atom. The number of rotatable bonds is 4. The third-order valence-corrected chi connectivity index (χ3v) is 2.59. The molecule has 0 amide bonds. The van der Waals surface area contributed by atoms with E-state index in [4.69, 9.17) is 9.26 Å². The topological polar surface area (TPSA) is 60.2 Å². The first-order chi connectivity index (χ1) is 8.26. The van der Waals surface area contributed by atoms with Crippen molar-refractivity contribution >= 4 is 5.69 Å². The smallest absolute Gasteiger partial charge is 0.260 e. The van der Waals surface area contributed by atoms with Crippen LogP contribution in [0.1, 0.15) is 18.9 Å². The van der Waals surface area contributed by atoms with Crippen LogP contribution in [0.3, 0.4) is 0 Å². The van der Waals surface area contributed by atoms with Gasteiger partial charge in [0, 0.05) is 19.8 Å². The zero-order valence-corrected chi connectivity index (χ0v) is 10.1. The maximum absolute atomic E-state index is 5.24. The van der Waals surface area contributed by atoms with Crippen molar-refractivity contribution in [3.63, 3.8) is 0 Å². The van der Waals surface area contributed by atoms with Crippen LogP contribution in [-0.4, -0.2) is 24.3 Å². The average Bonchev–Trinajstić information content (AvgIpc) is 2.87. The van der Waals surface area contributed by atoms with Crippen LogP contribution in [0.4, 0.5) is 5.69 Å². The van der Waals surface area contributed by atoms with Gasteiger partial charge in [-0.05, 0) is 19.1 Å². The first kappa shape index (κ1) is 11.6. The van der Waals surface area contributed by atoms with Crippen molar-refractivity contribution in [3.05, 3.63) is 30.1 Å². The lowest BCUT2D eigenvalue weighted by Gasteiger charge is -2.04. The Kier molecular flexibility index (Phi) is 3.39. The fourth-order valence-electron chi connectivity index (χ4n) is 1.50. The van der Waals surface area contributed by atoms with Crippen molar-refractivity contribution in [2.75, 3.05) is 19.5 Å². The molecule has 1 unspecified atom stereocenters. The number of ether oxygens (including phenoxy) is 1. The first-order valence-corrected chi connectivity index (χ1v) is 5.39. The van der Waals surface area contributed by atoms with Crippen LogP contribution < -0.4 is 5.32 Å². The van der Waals surface area contributed by atoms with Crippen molar-refractivity contribution in [2.45, 2.75) is 13.0 Å². The van der Waals surface area contributed by atoms with Crippen LogP contribution in [0.5, 0.6) is 0 Å². The molecule has 0 aliphatic heterocycles. The van der Waals surface area contributed by atoms with Crippen molar-refractivity contribution in [1.82, 2.24) is 10.1 Å². The molecule has 0 saturated heterocycles. The van der Waals surface area contributed by atoms with Crippen LogP contribution in [-0.2, 0) is 4.74 Å². The lowest BCUT2D eigenvalue weighted by atomic mass is 10.2. The number of methoxy groups -OCH3 is 1. The van der Waals surface area contributed by atoms with E-state index in [0.29, 0.717) is 11.7 Å². The van der Waals surface area contributed by atoms with E-state index >= 15 is 0 Å². The summed E-state index contributed by atoms with van der Waals surface area (Å²) in [6, 6.07) is 7.77. The molecule has 0 radical (unpaired) electrons. The van der Waals surface area contributed by atoms with Crippen LogP contribution in [0.15, 0.2) is 28.8 Å². The summed E-state index contributed by atoms with van der Waals surface area (Å²) in [6.07, 6.45) is -0.172. The summed E-state index contributed by atoms with van der Waals surface area (Å²) in [5.74, 6) is 1.04. The normalized spacial score (nSPS) is 12.4. The van der Waals surface area contributed by atoms with Gasteiger partial charge in [0.25, 0.3) is 5.89 Å². The second kappa shape index (κ2) is 4.97. The molecule has 2 aromatic rings. The van der Waals surface area contributed by atoms with Gasteiger partial charge in [-0.2, -0.15) is 4.98 Å². The third-order valence-electron chi connectivity index (χ3n) is 2.59. The molecule has 1 aromatic heterocycles. The molecule has 1 atom stereocenters. The van der Waals surface area contributed by atoms with E-state index in [1.807, 2.05) is 38.2 Å². The van der Waals surface area contributed by atoms with Gasteiger partial charge in [-0.25, -0.2) is 0 Å². The Morgan fingerprint density at radius 1 is 1.35 bits per heavy atom. The van der Waals surface area contributed by atoms with Crippen molar-refractivity contribution in [3.8, 4) is 11.5 Å². The lowest BCUT2D eigenvalue weighted by Crippen LogP contribution is -1.98. The summed E-state index contributed by atoms with van der Waals surface area (Å²) >= 11 is 0. The van der Waals surface area contributed by atoms with E-state index in [0.717, 1.165) is 11.3 Å².